The second-order valence-electron chi connectivity index (χ2n) is 3.80. The van der Waals surface area contributed by atoms with Crippen molar-refractivity contribution >= 4 is 11.3 Å². The average molecular weight is 260 g/mol. The third kappa shape index (κ3) is 2.06. The van der Waals surface area contributed by atoms with Gasteiger partial charge in [0.05, 0.1) is 4.88 Å². The van der Waals surface area contributed by atoms with Crippen LogP contribution >= 0.6 is 11.3 Å². The number of imidazole rings is 1. The van der Waals surface area contributed by atoms with Gasteiger partial charge in [0.25, 0.3) is 0 Å². The van der Waals surface area contributed by atoms with Gasteiger partial charge in [0.1, 0.15) is 12.4 Å². The summed E-state index contributed by atoms with van der Waals surface area (Å²) in [7, 11) is 0. The van der Waals surface area contributed by atoms with E-state index in [2.05, 4.69) is 21.2 Å². The van der Waals surface area contributed by atoms with Crippen LogP contribution in [-0.2, 0) is 13.0 Å². The van der Waals surface area contributed by atoms with Crippen molar-refractivity contribution in [1.82, 2.24) is 19.7 Å². The largest absolute Gasteiger partial charge is 0.423 e. The van der Waals surface area contributed by atoms with Crippen LogP contribution in [0.5, 0.6) is 0 Å². The number of rotatable bonds is 4. The number of thiophene rings is 1. The Morgan fingerprint density at radius 2 is 2.22 bits per heavy atom. The van der Waals surface area contributed by atoms with Gasteiger partial charge in [0, 0.05) is 18.8 Å². The summed E-state index contributed by atoms with van der Waals surface area (Å²) in [5, 5.41) is 10.0. The van der Waals surface area contributed by atoms with E-state index in [1.165, 1.54) is 0 Å². The molecule has 0 N–H and O–H groups in total. The van der Waals surface area contributed by atoms with Crippen LogP contribution in [0, 0.1) is 0 Å². The Morgan fingerprint density at radius 3 is 2.94 bits per heavy atom. The first-order valence-corrected chi connectivity index (χ1v) is 6.61. The summed E-state index contributed by atoms with van der Waals surface area (Å²) >= 11 is 1.67. The monoisotopic (exact) mass is 260 g/mol. The first-order valence-electron chi connectivity index (χ1n) is 5.73. The van der Waals surface area contributed by atoms with Crippen LogP contribution in [0.15, 0.2) is 34.3 Å². The van der Waals surface area contributed by atoms with Crippen LogP contribution in [-0.4, -0.2) is 19.7 Å². The summed E-state index contributed by atoms with van der Waals surface area (Å²) in [6.07, 6.45) is 4.46. The second-order valence-corrected chi connectivity index (χ2v) is 4.75. The fourth-order valence-electron chi connectivity index (χ4n) is 1.71. The van der Waals surface area contributed by atoms with Gasteiger partial charge in [-0.3, -0.25) is 0 Å². The van der Waals surface area contributed by atoms with Gasteiger partial charge in [0.2, 0.25) is 11.8 Å². The maximum Gasteiger partial charge on any atom is 0.236 e. The lowest BCUT2D eigenvalue weighted by molar-refractivity contribution is 0.443. The zero-order valence-corrected chi connectivity index (χ0v) is 10.7. The molecule has 0 aliphatic heterocycles. The molecule has 0 bridgehead atoms. The van der Waals surface area contributed by atoms with Gasteiger partial charge in [-0.25, -0.2) is 4.98 Å². The topological polar surface area (TPSA) is 56.7 Å². The van der Waals surface area contributed by atoms with Crippen LogP contribution in [0.25, 0.3) is 10.7 Å². The van der Waals surface area contributed by atoms with E-state index in [0.29, 0.717) is 18.3 Å². The zero-order chi connectivity index (χ0) is 12.4. The van der Waals surface area contributed by atoms with Gasteiger partial charge in [-0.15, -0.1) is 21.5 Å². The Balaban J connectivity index is 1.87. The van der Waals surface area contributed by atoms with E-state index in [1.807, 2.05) is 29.1 Å². The van der Waals surface area contributed by atoms with Crippen molar-refractivity contribution in [2.75, 3.05) is 0 Å². The Hall–Kier alpha value is -1.95. The third-order valence-corrected chi connectivity index (χ3v) is 3.44. The molecule has 3 rings (SSSR count). The molecule has 0 spiro atoms. The molecular formula is C12H12N4OS. The smallest absolute Gasteiger partial charge is 0.236 e. The molecule has 0 aliphatic carbocycles. The first kappa shape index (κ1) is 11.2. The quantitative estimate of drug-likeness (QED) is 0.723. The SMILES string of the molecule is CCc1nnc(Cn2ccnc2-c2cccs2)o1. The second kappa shape index (κ2) is 4.73. The van der Waals surface area contributed by atoms with Crippen LogP contribution in [0.2, 0.25) is 0 Å². The van der Waals surface area contributed by atoms with Gasteiger partial charge < -0.3 is 8.98 Å². The third-order valence-electron chi connectivity index (χ3n) is 2.57. The molecule has 18 heavy (non-hydrogen) atoms. The zero-order valence-electron chi connectivity index (χ0n) is 9.91. The van der Waals surface area contributed by atoms with Gasteiger partial charge in [0.15, 0.2) is 0 Å². The highest BCUT2D eigenvalue weighted by molar-refractivity contribution is 7.13. The normalized spacial score (nSPS) is 10.9. The summed E-state index contributed by atoms with van der Waals surface area (Å²) in [5.74, 6) is 2.21. The van der Waals surface area contributed by atoms with Crippen molar-refractivity contribution in [3.8, 4) is 10.7 Å². The Labute approximate surface area is 108 Å². The van der Waals surface area contributed by atoms with Crippen molar-refractivity contribution in [2.24, 2.45) is 0 Å². The highest BCUT2D eigenvalue weighted by atomic mass is 32.1. The molecule has 0 aliphatic rings. The molecule has 0 unspecified atom stereocenters. The van der Waals surface area contributed by atoms with Crippen LogP contribution in [0.4, 0.5) is 0 Å². The van der Waals surface area contributed by atoms with E-state index in [9.17, 15) is 0 Å². The predicted molar refractivity (Wildman–Crippen MR) is 68.3 cm³/mol. The van der Waals surface area contributed by atoms with E-state index in [1.54, 1.807) is 17.5 Å². The van der Waals surface area contributed by atoms with E-state index >= 15 is 0 Å². The van der Waals surface area contributed by atoms with E-state index in [0.717, 1.165) is 17.1 Å². The molecule has 6 heteroatoms. The van der Waals surface area contributed by atoms with E-state index < -0.39 is 0 Å². The molecule has 0 saturated heterocycles. The lowest BCUT2D eigenvalue weighted by atomic mass is 10.4. The maximum atomic E-state index is 5.51. The van der Waals surface area contributed by atoms with Crippen LogP contribution in [0.3, 0.4) is 0 Å². The standard InChI is InChI=1S/C12H12N4OS/c1-2-10-14-15-11(17-10)8-16-6-5-13-12(16)9-4-3-7-18-9/h3-7H,2,8H2,1H3. The molecule has 3 aromatic heterocycles. The van der Waals surface area contributed by atoms with Crippen molar-refractivity contribution in [2.45, 2.75) is 19.9 Å². The molecule has 3 heterocycles. The Morgan fingerprint density at radius 1 is 1.33 bits per heavy atom. The highest BCUT2D eigenvalue weighted by Gasteiger charge is 2.10. The molecule has 0 aromatic carbocycles. The van der Waals surface area contributed by atoms with Crippen molar-refractivity contribution in [3.05, 3.63) is 41.7 Å². The van der Waals surface area contributed by atoms with E-state index in [-0.39, 0.29) is 0 Å². The lowest BCUT2D eigenvalue weighted by Gasteiger charge is -2.02. The van der Waals surface area contributed by atoms with E-state index in [4.69, 9.17) is 4.42 Å². The summed E-state index contributed by atoms with van der Waals surface area (Å²) in [5.41, 5.74) is 0. The summed E-state index contributed by atoms with van der Waals surface area (Å²) in [6, 6.07) is 4.07. The molecule has 0 amide bonds. The van der Waals surface area contributed by atoms with Gasteiger partial charge in [-0.1, -0.05) is 13.0 Å². The van der Waals surface area contributed by atoms with Gasteiger partial charge >= 0.3 is 0 Å². The molecule has 0 atom stereocenters. The number of aryl methyl sites for hydroxylation is 1. The predicted octanol–water partition coefficient (Wildman–Crippen LogP) is 2.61. The highest BCUT2D eigenvalue weighted by Crippen LogP contribution is 2.23. The maximum absolute atomic E-state index is 5.51. The number of hydrogen-bond donors (Lipinski definition) is 0. The summed E-state index contributed by atoms with van der Waals surface area (Å²) in [6.45, 7) is 2.55. The van der Waals surface area contributed by atoms with Crippen molar-refractivity contribution < 1.29 is 4.42 Å². The van der Waals surface area contributed by atoms with Crippen molar-refractivity contribution in [3.63, 3.8) is 0 Å². The number of hydrogen-bond acceptors (Lipinski definition) is 5. The molecule has 5 nitrogen and oxygen atoms in total. The average Bonchev–Trinajstić information content (AvgIpc) is 3.09. The number of aromatic nitrogens is 4. The van der Waals surface area contributed by atoms with Crippen LogP contribution in [0.1, 0.15) is 18.7 Å². The van der Waals surface area contributed by atoms with Crippen LogP contribution < -0.4 is 0 Å². The first-order chi connectivity index (χ1) is 8.86. The minimum atomic E-state index is 0.556. The summed E-state index contributed by atoms with van der Waals surface area (Å²) < 4.78 is 7.52. The fraction of sp³-hybridized carbons (Fsp3) is 0.250. The lowest BCUT2D eigenvalue weighted by Crippen LogP contribution is -2.00. The summed E-state index contributed by atoms with van der Waals surface area (Å²) in [4.78, 5) is 5.50. The number of nitrogens with zero attached hydrogens (tertiary/aromatic N) is 4. The molecule has 0 fully saturated rings. The fourth-order valence-corrected chi connectivity index (χ4v) is 2.44. The molecule has 0 radical (unpaired) electrons. The van der Waals surface area contributed by atoms with Gasteiger partial charge in [-0.05, 0) is 11.4 Å². The molecule has 92 valence electrons. The molecular weight excluding hydrogens is 248 g/mol. The van der Waals surface area contributed by atoms with Gasteiger partial charge in [-0.2, -0.15) is 0 Å². The Kier molecular flexibility index (Phi) is 2.93. The minimum Gasteiger partial charge on any atom is -0.423 e. The van der Waals surface area contributed by atoms with Crippen molar-refractivity contribution in [1.29, 1.82) is 0 Å². The molecule has 3 aromatic rings. The minimum absolute atomic E-state index is 0.556. The Bertz CT molecular complexity index is 626. The molecule has 0 saturated carbocycles.